The van der Waals surface area contributed by atoms with E-state index in [1.165, 1.54) is 6.07 Å². The maximum Gasteiger partial charge on any atom is 0.124 e. The molecule has 0 fully saturated rings. The third kappa shape index (κ3) is 2.13. The summed E-state index contributed by atoms with van der Waals surface area (Å²) in [5.74, 6) is 0. The van der Waals surface area contributed by atoms with Crippen LogP contribution in [-0.4, -0.2) is 6.29 Å². The molecule has 0 aromatic heterocycles. The summed E-state index contributed by atoms with van der Waals surface area (Å²) in [7, 11) is 0. The van der Waals surface area contributed by atoms with E-state index in [9.17, 15) is 4.79 Å². The normalized spacial score (nSPS) is 9.92. The molecule has 0 aliphatic carbocycles. The highest BCUT2D eigenvalue weighted by molar-refractivity contribution is 6.43. The Labute approximate surface area is 85.2 Å². The van der Waals surface area contributed by atoms with Crippen molar-refractivity contribution in [2.24, 2.45) is 0 Å². The van der Waals surface area contributed by atoms with Gasteiger partial charge in [-0.15, -0.1) is 0 Å². The maximum atomic E-state index is 10.2. The zero-order valence-corrected chi connectivity index (χ0v) is 8.25. The zero-order valence-electron chi connectivity index (χ0n) is 5.98. The molecule has 0 radical (unpaired) electrons. The Kier molecular flexibility index (Phi) is 3.39. The van der Waals surface area contributed by atoms with Crippen molar-refractivity contribution in [2.75, 3.05) is 0 Å². The van der Waals surface area contributed by atoms with E-state index < -0.39 is 0 Å². The van der Waals surface area contributed by atoms with Gasteiger partial charge < -0.3 is 4.79 Å². The summed E-state index contributed by atoms with van der Waals surface area (Å²) >= 11 is 17.2. The van der Waals surface area contributed by atoms with Gasteiger partial charge in [-0.1, -0.05) is 34.8 Å². The average molecular weight is 223 g/mol. The van der Waals surface area contributed by atoms with Gasteiger partial charge in [0, 0.05) is 11.4 Å². The summed E-state index contributed by atoms with van der Waals surface area (Å²) in [6.45, 7) is 0. The molecule has 12 heavy (non-hydrogen) atoms. The first-order chi connectivity index (χ1) is 5.65. The first-order valence-electron chi connectivity index (χ1n) is 3.22. The number of hydrogen-bond acceptors (Lipinski definition) is 1. The minimum Gasteiger partial charge on any atom is -0.303 e. The van der Waals surface area contributed by atoms with Gasteiger partial charge in [-0.2, -0.15) is 0 Å². The number of hydrogen-bond donors (Lipinski definition) is 0. The second-order valence-electron chi connectivity index (χ2n) is 2.23. The number of carbonyl (C=O) groups excluding carboxylic acids is 1. The van der Waals surface area contributed by atoms with Crippen LogP contribution in [0.1, 0.15) is 5.56 Å². The second kappa shape index (κ2) is 4.13. The predicted octanol–water partition coefficient (Wildman–Crippen LogP) is 3.39. The van der Waals surface area contributed by atoms with Crippen molar-refractivity contribution in [2.45, 2.75) is 6.42 Å². The largest absolute Gasteiger partial charge is 0.303 e. The van der Waals surface area contributed by atoms with Crippen LogP contribution in [0.25, 0.3) is 0 Å². The fourth-order valence-corrected chi connectivity index (χ4v) is 1.46. The molecule has 0 unspecified atom stereocenters. The first kappa shape index (κ1) is 9.85. The highest BCUT2D eigenvalue weighted by Gasteiger charge is 2.04. The van der Waals surface area contributed by atoms with Crippen LogP contribution in [0.3, 0.4) is 0 Å². The fraction of sp³-hybridized carbons (Fsp3) is 0.125. The smallest absolute Gasteiger partial charge is 0.124 e. The molecule has 0 aliphatic rings. The molecule has 0 N–H and O–H groups in total. The van der Waals surface area contributed by atoms with Gasteiger partial charge in [0.05, 0.1) is 10.0 Å². The number of aldehydes is 1. The molecule has 0 atom stereocenters. The predicted molar refractivity (Wildman–Crippen MR) is 51.2 cm³/mol. The van der Waals surface area contributed by atoms with Crippen LogP contribution >= 0.6 is 34.8 Å². The van der Waals surface area contributed by atoms with Gasteiger partial charge in [0.1, 0.15) is 6.29 Å². The number of halogens is 3. The molecule has 0 spiro atoms. The van der Waals surface area contributed by atoms with Crippen LogP contribution in [0.2, 0.25) is 15.1 Å². The Morgan fingerprint density at radius 1 is 1.08 bits per heavy atom. The van der Waals surface area contributed by atoms with Crippen LogP contribution < -0.4 is 0 Å². The molecular weight excluding hydrogens is 218 g/mol. The lowest BCUT2D eigenvalue weighted by Crippen LogP contribution is -1.87. The molecule has 4 heteroatoms. The lowest BCUT2D eigenvalue weighted by atomic mass is 10.2. The van der Waals surface area contributed by atoms with Crippen LogP contribution in [0.4, 0.5) is 0 Å². The molecule has 0 heterocycles. The minimum atomic E-state index is 0.260. The zero-order chi connectivity index (χ0) is 9.14. The third-order valence-corrected chi connectivity index (χ3v) is 2.47. The molecule has 64 valence electrons. The fourth-order valence-electron chi connectivity index (χ4n) is 0.810. The van der Waals surface area contributed by atoms with Gasteiger partial charge in [0.25, 0.3) is 0 Å². The maximum absolute atomic E-state index is 10.2. The van der Waals surface area contributed by atoms with E-state index in [4.69, 9.17) is 34.8 Å². The monoisotopic (exact) mass is 222 g/mol. The molecule has 0 saturated carbocycles. The van der Waals surface area contributed by atoms with E-state index in [-0.39, 0.29) is 6.42 Å². The van der Waals surface area contributed by atoms with Gasteiger partial charge in [-0.25, -0.2) is 0 Å². The summed E-state index contributed by atoms with van der Waals surface area (Å²) in [6, 6.07) is 3.13. The van der Waals surface area contributed by atoms with Crippen LogP contribution in [0.5, 0.6) is 0 Å². The Balaban J connectivity index is 3.13. The van der Waals surface area contributed by atoms with Gasteiger partial charge in [-0.05, 0) is 17.7 Å². The van der Waals surface area contributed by atoms with Crippen LogP contribution in [-0.2, 0) is 11.2 Å². The summed E-state index contributed by atoms with van der Waals surface area (Å²) in [5.41, 5.74) is 0.695. The standard InChI is InChI=1S/C8H5Cl3O/c9-6-4-8(11)7(10)3-5(6)1-2-12/h2-4H,1H2. The second-order valence-corrected chi connectivity index (χ2v) is 3.45. The molecule has 0 bridgehead atoms. The topological polar surface area (TPSA) is 17.1 Å². The summed E-state index contributed by atoms with van der Waals surface area (Å²) in [6.07, 6.45) is 1.03. The van der Waals surface area contributed by atoms with Crippen molar-refractivity contribution in [3.05, 3.63) is 32.8 Å². The van der Waals surface area contributed by atoms with Crippen molar-refractivity contribution in [1.82, 2.24) is 0 Å². The van der Waals surface area contributed by atoms with Crippen LogP contribution in [0, 0.1) is 0 Å². The Morgan fingerprint density at radius 2 is 1.67 bits per heavy atom. The summed E-state index contributed by atoms with van der Waals surface area (Å²) in [4.78, 5) is 10.2. The number of rotatable bonds is 2. The SMILES string of the molecule is O=CCc1cc(Cl)c(Cl)cc1Cl. The van der Waals surface area contributed by atoms with E-state index >= 15 is 0 Å². The lowest BCUT2D eigenvalue weighted by Gasteiger charge is -2.01. The number of benzene rings is 1. The molecule has 0 aliphatic heterocycles. The van der Waals surface area contributed by atoms with Gasteiger partial charge >= 0.3 is 0 Å². The van der Waals surface area contributed by atoms with Gasteiger partial charge in [0.2, 0.25) is 0 Å². The highest BCUT2D eigenvalue weighted by atomic mass is 35.5. The molecule has 0 amide bonds. The van der Waals surface area contributed by atoms with E-state index in [1.807, 2.05) is 0 Å². The van der Waals surface area contributed by atoms with E-state index in [0.717, 1.165) is 6.29 Å². The van der Waals surface area contributed by atoms with Crippen molar-refractivity contribution in [1.29, 1.82) is 0 Å². The Morgan fingerprint density at radius 3 is 2.25 bits per heavy atom. The molecular formula is C8H5Cl3O. The van der Waals surface area contributed by atoms with E-state index in [1.54, 1.807) is 6.07 Å². The van der Waals surface area contributed by atoms with E-state index in [2.05, 4.69) is 0 Å². The Bertz CT molecular complexity index is 309. The molecule has 1 aromatic rings. The minimum absolute atomic E-state index is 0.260. The Hall–Kier alpha value is -0.240. The molecule has 0 saturated heterocycles. The van der Waals surface area contributed by atoms with Crippen molar-refractivity contribution >= 4 is 41.1 Å². The van der Waals surface area contributed by atoms with Crippen molar-refractivity contribution in [3.63, 3.8) is 0 Å². The molecule has 1 aromatic carbocycles. The van der Waals surface area contributed by atoms with Crippen LogP contribution in [0.15, 0.2) is 12.1 Å². The number of carbonyl (C=O) groups is 1. The highest BCUT2D eigenvalue weighted by Crippen LogP contribution is 2.28. The lowest BCUT2D eigenvalue weighted by molar-refractivity contribution is -0.107. The molecule has 1 nitrogen and oxygen atoms in total. The molecule has 1 rings (SSSR count). The van der Waals surface area contributed by atoms with Gasteiger partial charge in [0.15, 0.2) is 0 Å². The van der Waals surface area contributed by atoms with Gasteiger partial charge in [-0.3, -0.25) is 0 Å². The quantitative estimate of drug-likeness (QED) is 0.555. The van der Waals surface area contributed by atoms with Crippen molar-refractivity contribution in [3.8, 4) is 0 Å². The van der Waals surface area contributed by atoms with Crippen molar-refractivity contribution < 1.29 is 4.79 Å². The first-order valence-corrected chi connectivity index (χ1v) is 4.35. The average Bonchev–Trinajstić information content (AvgIpc) is 2.01. The third-order valence-electron chi connectivity index (χ3n) is 1.39. The van der Waals surface area contributed by atoms with E-state index in [0.29, 0.717) is 20.6 Å². The summed E-state index contributed by atoms with van der Waals surface area (Å²) < 4.78 is 0. The summed E-state index contributed by atoms with van der Waals surface area (Å²) in [5, 5.41) is 1.28.